The van der Waals surface area contributed by atoms with Gasteiger partial charge in [0.15, 0.2) is 0 Å². The fraction of sp³-hybridized carbons (Fsp3) is 0.583. The number of hydrogen-bond donors (Lipinski definition) is 3. The van der Waals surface area contributed by atoms with Gasteiger partial charge in [0.05, 0.1) is 0 Å². The van der Waals surface area contributed by atoms with Crippen LogP contribution in [0, 0.1) is 0 Å². The third-order valence-electron chi connectivity index (χ3n) is 2.78. The topological polar surface area (TPSA) is 74.2 Å². The monoisotopic (exact) mass is 238 g/mol. The summed E-state index contributed by atoms with van der Waals surface area (Å²) in [5, 5.41) is 2.86. The number of aromatic nitrogens is 1. The van der Waals surface area contributed by atoms with Crippen LogP contribution in [0.4, 0.5) is 5.69 Å². The van der Waals surface area contributed by atoms with Crippen molar-refractivity contribution in [3.8, 4) is 0 Å². The van der Waals surface area contributed by atoms with Crippen LogP contribution in [0.3, 0.4) is 0 Å². The summed E-state index contributed by atoms with van der Waals surface area (Å²) in [4.78, 5) is 16.8. The van der Waals surface area contributed by atoms with Gasteiger partial charge in [-0.25, -0.2) is 0 Å². The van der Waals surface area contributed by atoms with Crippen molar-refractivity contribution in [1.82, 2.24) is 15.2 Å². The van der Waals surface area contributed by atoms with Gasteiger partial charge in [0.1, 0.15) is 5.69 Å². The number of nitrogens with two attached hydrogens (primary N) is 1. The largest absolute Gasteiger partial charge is 0.397 e. The highest BCUT2D eigenvalue weighted by molar-refractivity contribution is 5.93. The minimum Gasteiger partial charge on any atom is -0.397 e. The Morgan fingerprint density at radius 1 is 1.47 bits per heavy atom. The second-order valence-corrected chi connectivity index (χ2v) is 3.98. The Morgan fingerprint density at radius 3 is 2.71 bits per heavy atom. The molecule has 0 aliphatic rings. The smallest absolute Gasteiger partial charge is 0.267 e. The standard InChI is InChI=1S/C12H22N4O/c1-3-16(4-2)7-5-6-14-12(17)11-8-10(13)9-15-11/h8-9,15H,3-7,13H2,1-2H3,(H,14,17). The minimum absolute atomic E-state index is 0.0961. The van der Waals surface area contributed by atoms with Gasteiger partial charge < -0.3 is 20.9 Å². The third kappa shape index (κ3) is 4.48. The highest BCUT2D eigenvalue weighted by Crippen LogP contribution is 2.03. The Labute approximate surface area is 102 Å². The normalized spacial score (nSPS) is 10.8. The number of carbonyl (C=O) groups is 1. The Morgan fingerprint density at radius 2 is 2.18 bits per heavy atom. The summed E-state index contributed by atoms with van der Waals surface area (Å²) < 4.78 is 0. The molecule has 1 heterocycles. The number of anilines is 1. The highest BCUT2D eigenvalue weighted by Gasteiger charge is 2.06. The molecule has 0 aliphatic carbocycles. The molecule has 0 saturated heterocycles. The molecule has 0 spiro atoms. The average molecular weight is 238 g/mol. The van der Waals surface area contributed by atoms with Gasteiger partial charge in [-0.2, -0.15) is 0 Å². The molecule has 0 unspecified atom stereocenters. The van der Waals surface area contributed by atoms with E-state index < -0.39 is 0 Å². The van der Waals surface area contributed by atoms with Gasteiger partial charge in [-0.05, 0) is 32.1 Å². The first-order valence-corrected chi connectivity index (χ1v) is 6.11. The second kappa shape index (κ2) is 6.96. The fourth-order valence-electron chi connectivity index (χ4n) is 1.68. The van der Waals surface area contributed by atoms with Crippen LogP contribution in [0.15, 0.2) is 12.3 Å². The molecule has 0 aromatic carbocycles. The average Bonchev–Trinajstić information content (AvgIpc) is 2.76. The molecular weight excluding hydrogens is 216 g/mol. The molecule has 96 valence electrons. The number of carbonyl (C=O) groups excluding carboxylic acids is 1. The van der Waals surface area contributed by atoms with Gasteiger partial charge in [0, 0.05) is 18.4 Å². The maximum atomic E-state index is 11.6. The first kappa shape index (κ1) is 13.6. The number of aromatic amines is 1. The molecule has 1 rings (SSSR count). The Hall–Kier alpha value is -1.49. The summed E-state index contributed by atoms with van der Waals surface area (Å²) in [6.07, 6.45) is 2.58. The molecule has 4 N–H and O–H groups in total. The minimum atomic E-state index is -0.0961. The van der Waals surface area contributed by atoms with Gasteiger partial charge in [0.25, 0.3) is 5.91 Å². The zero-order chi connectivity index (χ0) is 12.7. The van der Waals surface area contributed by atoms with E-state index in [0.717, 1.165) is 26.1 Å². The van der Waals surface area contributed by atoms with E-state index in [1.807, 2.05) is 0 Å². The maximum Gasteiger partial charge on any atom is 0.267 e. The van der Waals surface area contributed by atoms with Crippen molar-refractivity contribution >= 4 is 11.6 Å². The second-order valence-electron chi connectivity index (χ2n) is 3.98. The first-order chi connectivity index (χ1) is 8.17. The molecule has 0 aliphatic heterocycles. The van der Waals surface area contributed by atoms with E-state index in [2.05, 4.69) is 29.0 Å². The van der Waals surface area contributed by atoms with Crippen LogP contribution < -0.4 is 11.1 Å². The van der Waals surface area contributed by atoms with Gasteiger partial charge in [-0.3, -0.25) is 4.79 Å². The van der Waals surface area contributed by atoms with Crippen LogP contribution in [0.1, 0.15) is 30.8 Å². The molecule has 0 saturated carbocycles. The Bertz CT molecular complexity index is 344. The third-order valence-corrected chi connectivity index (χ3v) is 2.78. The van der Waals surface area contributed by atoms with E-state index in [9.17, 15) is 4.79 Å². The summed E-state index contributed by atoms with van der Waals surface area (Å²) in [6, 6.07) is 1.64. The molecule has 1 aromatic rings. The molecular formula is C12H22N4O. The molecule has 0 fully saturated rings. The first-order valence-electron chi connectivity index (χ1n) is 6.11. The number of H-pyrrole nitrogens is 1. The van der Waals surface area contributed by atoms with Crippen molar-refractivity contribution in [3.05, 3.63) is 18.0 Å². The lowest BCUT2D eigenvalue weighted by atomic mass is 10.3. The summed E-state index contributed by atoms with van der Waals surface area (Å²) in [7, 11) is 0. The van der Waals surface area contributed by atoms with Crippen molar-refractivity contribution in [3.63, 3.8) is 0 Å². The van der Waals surface area contributed by atoms with E-state index >= 15 is 0 Å². The number of nitrogens with one attached hydrogen (secondary N) is 2. The number of nitrogens with zero attached hydrogens (tertiary/aromatic N) is 1. The predicted octanol–water partition coefficient (Wildman–Crippen LogP) is 1.06. The van der Waals surface area contributed by atoms with Crippen LogP contribution in [0.2, 0.25) is 0 Å². The van der Waals surface area contributed by atoms with Crippen LogP contribution >= 0.6 is 0 Å². The van der Waals surface area contributed by atoms with E-state index in [1.54, 1.807) is 12.3 Å². The van der Waals surface area contributed by atoms with E-state index in [1.165, 1.54) is 0 Å². The molecule has 17 heavy (non-hydrogen) atoms. The van der Waals surface area contributed by atoms with Crippen LogP contribution in [0.5, 0.6) is 0 Å². The summed E-state index contributed by atoms with van der Waals surface area (Å²) >= 11 is 0. The van der Waals surface area contributed by atoms with Crippen LogP contribution in [-0.2, 0) is 0 Å². The molecule has 0 atom stereocenters. The Balaban J connectivity index is 2.21. The van der Waals surface area contributed by atoms with Crippen molar-refractivity contribution in [2.75, 3.05) is 31.9 Å². The van der Waals surface area contributed by atoms with E-state index in [-0.39, 0.29) is 5.91 Å². The highest BCUT2D eigenvalue weighted by atomic mass is 16.1. The maximum absolute atomic E-state index is 11.6. The van der Waals surface area contributed by atoms with Gasteiger partial charge in [-0.1, -0.05) is 13.8 Å². The molecule has 5 nitrogen and oxygen atoms in total. The van der Waals surface area contributed by atoms with E-state index in [4.69, 9.17) is 5.73 Å². The molecule has 1 aromatic heterocycles. The number of rotatable bonds is 7. The molecule has 1 amide bonds. The summed E-state index contributed by atoms with van der Waals surface area (Å²) in [5.74, 6) is -0.0961. The van der Waals surface area contributed by atoms with Gasteiger partial charge >= 0.3 is 0 Å². The SMILES string of the molecule is CCN(CC)CCCNC(=O)c1cc(N)c[nH]1. The van der Waals surface area contributed by atoms with Gasteiger partial charge in [0.2, 0.25) is 0 Å². The Kier molecular flexibility index (Phi) is 5.56. The lowest BCUT2D eigenvalue weighted by Gasteiger charge is -2.17. The molecule has 0 bridgehead atoms. The predicted molar refractivity (Wildman–Crippen MR) is 69.9 cm³/mol. The van der Waals surface area contributed by atoms with Gasteiger partial charge in [-0.15, -0.1) is 0 Å². The number of hydrogen-bond acceptors (Lipinski definition) is 3. The zero-order valence-electron chi connectivity index (χ0n) is 10.6. The molecule has 5 heteroatoms. The van der Waals surface area contributed by atoms with Crippen molar-refractivity contribution in [2.45, 2.75) is 20.3 Å². The van der Waals surface area contributed by atoms with Crippen molar-refractivity contribution in [2.24, 2.45) is 0 Å². The quantitative estimate of drug-likeness (QED) is 0.622. The molecule has 0 radical (unpaired) electrons. The van der Waals surface area contributed by atoms with Crippen LogP contribution in [-0.4, -0.2) is 42.0 Å². The number of amides is 1. The van der Waals surface area contributed by atoms with E-state index in [0.29, 0.717) is 17.9 Å². The lowest BCUT2D eigenvalue weighted by Crippen LogP contribution is -2.30. The number of nitrogen functional groups attached to an aromatic ring is 1. The fourth-order valence-corrected chi connectivity index (χ4v) is 1.68. The lowest BCUT2D eigenvalue weighted by molar-refractivity contribution is 0.0947. The summed E-state index contributed by atoms with van der Waals surface area (Å²) in [5.41, 5.74) is 6.63. The van der Waals surface area contributed by atoms with Crippen LogP contribution in [0.25, 0.3) is 0 Å². The zero-order valence-corrected chi connectivity index (χ0v) is 10.6. The summed E-state index contributed by atoms with van der Waals surface area (Å²) in [6.45, 7) is 8.09. The van der Waals surface area contributed by atoms with Crippen molar-refractivity contribution in [1.29, 1.82) is 0 Å². The van der Waals surface area contributed by atoms with Crippen molar-refractivity contribution < 1.29 is 4.79 Å².